The van der Waals surface area contributed by atoms with Gasteiger partial charge in [-0.1, -0.05) is 24.6 Å². The maximum absolute atomic E-state index is 12.1. The SMILES string of the molecule is O=C(O)CCCCCNC(=O)C1(Oc2ccccc2)CC1. The van der Waals surface area contributed by atoms with E-state index in [0.717, 1.165) is 25.7 Å². The Balaban J connectivity index is 1.67. The fourth-order valence-electron chi connectivity index (χ4n) is 2.14. The molecule has 1 saturated carbocycles. The number of carboxylic acids is 1. The fourth-order valence-corrected chi connectivity index (χ4v) is 2.14. The third kappa shape index (κ3) is 4.77. The van der Waals surface area contributed by atoms with E-state index in [-0.39, 0.29) is 12.3 Å². The Labute approximate surface area is 124 Å². The molecule has 1 aliphatic carbocycles. The molecule has 114 valence electrons. The summed E-state index contributed by atoms with van der Waals surface area (Å²) in [7, 11) is 0. The number of ether oxygens (including phenoxy) is 1. The largest absolute Gasteiger partial charge is 0.481 e. The molecular weight excluding hydrogens is 270 g/mol. The zero-order valence-corrected chi connectivity index (χ0v) is 12.0. The maximum atomic E-state index is 12.1. The summed E-state index contributed by atoms with van der Waals surface area (Å²) in [4.78, 5) is 22.5. The molecule has 0 atom stereocenters. The minimum Gasteiger partial charge on any atom is -0.481 e. The van der Waals surface area contributed by atoms with Gasteiger partial charge < -0.3 is 15.2 Å². The van der Waals surface area contributed by atoms with E-state index in [9.17, 15) is 9.59 Å². The highest BCUT2D eigenvalue weighted by Gasteiger charge is 2.52. The molecule has 0 bridgehead atoms. The van der Waals surface area contributed by atoms with E-state index >= 15 is 0 Å². The van der Waals surface area contributed by atoms with Crippen LogP contribution < -0.4 is 10.1 Å². The van der Waals surface area contributed by atoms with Crippen LogP contribution in [0.25, 0.3) is 0 Å². The molecule has 2 rings (SSSR count). The Hall–Kier alpha value is -2.04. The topological polar surface area (TPSA) is 75.6 Å². The molecule has 0 radical (unpaired) electrons. The van der Waals surface area contributed by atoms with Gasteiger partial charge >= 0.3 is 5.97 Å². The second-order valence-corrected chi connectivity index (χ2v) is 5.37. The quantitative estimate of drug-likeness (QED) is 0.685. The van der Waals surface area contributed by atoms with Crippen LogP contribution in [0.4, 0.5) is 0 Å². The van der Waals surface area contributed by atoms with E-state index in [2.05, 4.69) is 5.32 Å². The third-order valence-electron chi connectivity index (χ3n) is 3.53. The Morgan fingerprint density at radius 1 is 1.14 bits per heavy atom. The number of nitrogens with one attached hydrogen (secondary N) is 1. The molecule has 1 aromatic carbocycles. The van der Waals surface area contributed by atoms with Crippen LogP contribution in [-0.4, -0.2) is 29.1 Å². The van der Waals surface area contributed by atoms with Crippen molar-refractivity contribution in [2.24, 2.45) is 0 Å². The van der Waals surface area contributed by atoms with Gasteiger partial charge in [0.15, 0.2) is 5.60 Å². The second-order valence-electron chi connectivity index (χ2n) is 5.37. The molecule has 21 heavy (non-hydrogen) atoms. The van der Waals surface area contributed by atoms with Crippen LogP contribution in [0.15, 0.2) is 30.3 Å². The Bertz CT molecular complexity index is 482. The summed E-state index contributed by atoms with van der Waals surface area (Å²) in [6, 6.07) is 9.36. The number of amides is 1. The summed E-state index contributed by atoms with van der Waals surface area (Å²) in [5.74, 6) is -0.122. The first-order chi connectivity index (χ1) is 10.1. The molecule has 0 saturated heterocycles. The summed E-state index contributed by atoms with van der Waals surface area (Å²) in [6.45, 7) is 0.568. The van der Waals surface area contributed by atoms with Crippen molar-refractivity contribution in [2.75, 3.05) is 6.54 Å². The van der Waals surface area contributed by atoms with Gasteiger partial charge in [-0.2, -0.15) is 0 Å². The zero-order chi connectivity index (χ0) is 15.1. The molecule has 5 heteroatoms. The van der Waals surface area contributed by atoms with Gasteiger partial charge in [0.1, 0.15) is 5.75 Å². The van der Waals surface area contributed by atoms with Crippen molar-refractivity contribution in [1.82, 2.24) is 5.32 Å². The summed E-state index contributed by atoms with van der Waals surface area (Å²) >= 11 is 0. The molecule has 0 aromatic heterocycles. The summed E-state index contributed by atoms with van der Waals surface area (Å²) in [5.41, 5.74) is -0.692. The van der Waals surface area contributed by atoms with Crippen LogP contribution in [0.1, 0.15) is 38.5 Å². The van der Waals surface area contributed by atoms with Gasteiger partial charge in [-0.3, -0.25) is 9.59 Å². The van der Waals surface area contributed by atoms with E-state index in [1.54, 1.807) is 0 Å². The Morgan fingerprint density at radius 2 is 1.86 bits per heavy atom. The molecule has 5 nitrogen and oxygen atoms in total. The number of benzene rings is 1. The number of unbranched alkanes of at least 4 members (excludes halogenated alkanes) is 2. The van der Waals surface area contributed by atoms with Crippen LogP contribution in [-0.2, 0) is 9.59 Å². The molecule has 0 aliphatic heterocycles. The van der Waals surface area contributed by atoms with Crippen molar-refractivity contribution in [2.45, 2.75) is 44.1 Å². The second kappa shape index (κ2) is 7.11. The molecular formula is C16H21NO4. The van der Waals surface area contributed by atoms with E-state index in [4.69, 9.17) is 9.84 Å². The van der Waals surface area contributed by atoms with E-state index in [1.165, 1.54) is 0 Å². The molecule has 2 N–H and O–H groups in total. The first kappa shape index (κ1) is 15.4. The first-order valence-corrected chi connectivity index (χ1v) is 7.37. The van der Waals surface area contributed by atoms with E-state index in [0.29, 0.717) is 18.7 Å². The van der Waals surface area contributed by atoms with Gasteiger partial charge in [0, 0.05) is 25.8 Å². The van der Waals surface area contributed by atoms with Gasteiger partial charge in [0.05, 0.1) is 0 Å². The lowest BCUT2D eigenvalue weighted by Gasteiger charge is -2.17. The number of hydrogen-bond donors (Lipinski definition) is 2. The average molecular weight is 291 g/mol. The van der Waals surface area contributed by atoms with Crippen molar-refractivity contribution in [3.8, 4) is 5.75 Å². The summed E-state index contributed by atoms with van der Waals surface area (Å²) in [5, 5.41) is 11.4. The van der Waals surface area contributed by atoms with Crippen molar-refractivity contribution in [3.05, 3.63) is 30.3 Å². The molecule has 1 fully saturated rings. The van der Waals surface area contributed by atoms with E-state index in [1.807, 2.05) is 30.3 Å². The summed E-state index contributed by atoms with van der Waals surface area (Å²) < 4.78 is 5.79. The number of aliphatic carboxylic acids is 1. The number of rotatable bonds is 9. The van der Waals surface area contributed by atoms with Crippen LogP contribution in [0, 0.1) is 0 Å². The molecule has 1 aromatic rings. The first-order valence-electron chi connectivity index (χ1n) is 7.37. The number of carbonyl (C=O) groups excluding carboxylic acids is 1. The minimum atomic E-state index is -0.771. The number of hydrogen-bond acceptors (Lipinski definition) is 3. The predicted octanol–water partition coefficient (Wildman–Crippen LogP) is 2.36. The maximum Gasteiger partial charge on any atom is 0.303 e. The molecule has 1 amide bonds. The molecule has 0 heterocycles. The van der Waals surface area contributed by atoms with Crippen LogP contribution >= 0.6 is 0 Å². The average Bonchev–Trinajstić information content (AvgIpc) is 3.24. The lowest BCUT2D eigenvalue weighted by Crippen LogP contribution is -2.40. The highest BCUT2D eigenvalue weighted by Crippen LogP contribution is 2.40. The molecule has 0 unspecified atom stereocenters. The van der Waals surface area contributed by atoms with E-state index < -0.39 is 11.6 Å². The number of carboxylic acid groups (broad SMARTS) is 1. The third-order valence-corrected chi connectivity index (χ3v) is 3.53. The lowest BCUT2D eigenvalue weighted by atomic mass is 10.2. The molecule has 1 aliphatic rings. The zero-order valence-electron chi connectivity index (χ0n) is 12.0. The van der Waals surface area contributed by atoms with Crippen molar-refractivity contribution >= 4 is 11.9 Å². The van der Waals surface area contributed by atoms with Gasteiger partial charge in [0.25, 0.3) is 5.91 Å². The fraction of sp³-hybridized carbons (Fsp3) is 0.500. The highest BCUT2D eigenvalue weighted by atomic mass is 16.5. The highest BCUT2D eigenvalue weighted by molar-refractivity contribution is 5.88. The Morgan fingerprint density at radius 3 is 2.48 bits per heavy atom. The number of carbonyl (C=O) groups is 2. The van der Waals surface area contributed by atoms with Crippen LogP contribution in [0.5, 0.6) is 5.75 Å². The monoisotopic (exact) mass is 291 g/mol. The van der Waals surface area contributed by atoms with Gasteiger partial charge in [-0.15, -0.1) is 0 Å². The Kier molecular flexibility index (Phi) is 5.20. The van der Waals surface area contributed by atoms with Crippen LogP contribution in [0.3, 0.4) is 0 Å². The van der Waals surface area contributed by atoms with Crippen molar-refractivity contribution in [1.29, 1.82) is 0 Å². The van der Waals surface area contributed by atoms with Crippen LogP contribution in [0.2, 0.25) is 0 Å². The summed E-state index contributed by atoms with van der Waals surface area (Å²) in [6.07, 6.45) is 3.92. The van der Waals surface area contributed by atoms with Gasteiger partial charge in [-0.25, -0.2) is 0 Å². The minimum absolute atomic E-state index is 0.0652. The normalized spacial score (nSPS) is 15.2. The number of para-hydroxylation sites is 1. The molecule has 0 spiro atoms. The van der Waals surface area contributed by atoms with Gasteiger partial charge in [0.2, 0.25) is 0 Å². The standard InChI is InChI=1S/C16H21NO4/c18-14(19)9-5-2-6-12-17-15(20)16(10-11-16)21-13-7-3-1-4-8-13/h1,3-4,7-8H,2,5-6,9-12H2,(H,17,20)(H,18,19). The van der Waals surface area contributed by atoms with Crippen molar-refractivity contribution in [3.63, 3.8) is 0 Å². The smallest absolute Gasteiger partial charge is 0.303 e. The van der Waals surface area contributed by atoms with Gasteiger partial charge in [-0.05, 0) is 25.0 Å². The lowest BCUT2D eigenvalue weighted by molar-refractivity contribution is -0.137. The predicted molar refractivity (Wildman–Crippen MR) is 78.1 cm³/mol. The van der Waals surface area contributed by atoms with Crippen molar-refractivity contribution < 1.29 is 19.4 Å².